The molecule has 3 heteroatoms. The van der Waals surface area contributed by atoms with E-state index in [1.165, 1.54) is 38.5 Å². The largest absolute Gasteiger partial charge is 0.444 e. The molecule has 1 N–H and O–H groups in total. The summed E-state index contributed by atoms with van der Waals surface area (Å²) in [5.41, 5.74) is 1.64. The zero-order chi connectivity index (χ0) is 15.9. The summed E-state index contributed by atoms with van der Waals surface area (Å²) in [6.45, 7) is 11.0. The standard InChI is InChI=1S/C18H33NO2/c1-15-10-9-12-18(5,14-15)11-7-6-8-13-19-16(20)21-17(2,3)4/h10H,6-9,11-14H2,1-5H3,(H,19,20). The van der Waals surface area contributed by atoms with Gasteiger partial charge in [-0.25, -0.2) is 4.79 Å². The van der Waals surface area contributed by atoms with E-state index in [2.05, 4.69) is 25.2 Å². The second-order valence-electron chi connectivity index (χ2n) is 7.82. The van der Waals surface area contributed by atoms with Gasteiger partial charge in [-0.3, -0.25) is 0 Å². The van der Waals surface area contributed by atoms with Crippen molar-refractivity contribution >= 4 is 6.09 Å². The third-order valence-electron chi connectivity index (χ3n) is 4.07. The Kier molecular flexibility index (Phi) is 6.76. The van der Waals surface area contributed by atoms with Gasteiger partial charge in [0.1, 0.15) is 5.60 Å². The zero-order valence-corrected chi connectivity index (χ0v) is 14.6. The molecule has 3 nitrogen and oxygen atoms in total. The summed E-state index contributed by atoms with van der Waals surface area (Å²) < 4.78 is 5.21. The molecule has 0 fully saturated rings. The van der Waals surface area contributed by atoms with E-state index in [0.717, 1.165) is 6.42 Å². The molecular weight excluding hydrogens is 262 g/mol. The minimum absolute atomic E-state index is 0.303. The minimum Gasteiger partial charge on any atom is -0.444 e. The molecule has 122 valence electrons. The Morgan fingerprint density at radius 2 is 2.05 bits per heavy atom. The molecule has 0 radical (unpaired) electrons. The van der Waals surface area contributed by atoms with Crippen molar-refractivity contribution < 1.29 is 9.53 Å². The number of unbranched alkanes of at least 4 members (excludes halogenated alkanes) is 2. The Morgan fingerprint density at radius 1 is 1.33 bits per heavy atom. The van der Waals surface area contributed by atoms with Crippen LogP contribution < -0.4 is 5.32 Å². The highest BCUT2D eigenvalue weighted by molar-refractivity contribution is 5.67. The number of alkyl carbamates (subject to hydrolysis) is 1. The van der Waals surface area contributed by atoms with Crippen molar-refractivity contribution in [2.24, 2.45) is 5.41 Å². The van der Waals surface area contributed by atoms with Crippen LogP contribution in [0.25, 0.3) is 0 Å². The first-order chi connectivity index (χ1) is 9.70. The lowest BCUT2D eigenvalue weighted by atomic mass is 9.73. The summed E-state index contributed by atoms with van der Waals surface area (Å²) in [5, 5.41) is 2.82. The molecule has 0 aromatic rings. The van der Waals surface area contributed by atoms with Crippen molar-refractivity contribution in [1.82, 2.24) is 5.32 Å². The predicted octanol–water partition coefficient (Wildman–Crippen LogP) is 5.21. The van der Waals surface area contributed by atoms with Gasteiger partial charge in [0.15, 0.2) is 0 Å². The molecule has 1 amide bonds. The first-order valence-corrected chi connectivity index (χ1v) is 8.33. The number of hydrogen-bond donors (Lipinski definition) is 1. The summed E-state index contributed by atoms with van der Waals surface area (Å²) in [7, 11) is 0. The second-order valence-corrected chi connectivity index (χ2v) is 7.82. The lowest BCUT2D eigenvalue weighted by molar-refractivity contribution is 0.0526. The highest BCUT2D eigenvalue weighted by atomic mass is 16.6. The number of allylic oxidation sites excluding steroid dienone is 2. The quantitative estimate of drug-likeness (QED) is 0.539. The lowest BCUT2D eigenvalue weighted by Crippen LogP contribution is -2.33. The van der Waals surface area contributed by atoms with Gasteiger partial charge in [-0.1, -0.05) is 31.4 Å². The van der Waals surface area contributed by atoms with Gasteiger partial charge in [-0.05, 0) is 65.2 Å². The first-order valence-electron chi connectivity index (χ1n) is 8.33. The normalized spacial score (nSPS) is 22.6. The summed E-state index contributed by atoms with van der Waals surface area (Å²) in [4.78, 5) is 11.5. The number of nitrogens with one attached hydrogen (secondary N) is 1. The van der Waals surface area contributed by atoms with Gasteiger partial charge in [-0.2, -0.15) is 0 Å². The summed E-state index contributed by atoms with van der Waals surface area (Å²) in [5.74, 6) is 0. The van der Waals surface area contributed by atoms with Gasteiger partial charge in [0.2, 0.25) is 0 Å². The van der Waals surface area contributed by atoms with Crippen LogP contribution in [0.4, 0.5) is 4.79 Å². The third kappa shape index (κ3) is 8.13. The zero-order valence-electron chi connectivity index (χ0n) is 14.6. The first kappa shape index (κ1) is 18.1. The van der Waals surface area contributed by atoms with E-state index < -0.39 is 5.60 Å². The molecule has 0 heterocycles. The van der Waals surface area contributed by atoms with E-state index in [1.807, 2.05) is 20.8 Å². The Bertz CT molecular complexity index is 368. The third-order valence-corrected chi connectivity index (χ3v) is 4.07. The van der Waals surface area contributed by atoms with Crippen LogP contribution in [-0.4, -0.2) is 18.2 Å². The Balaban J connectivity index is 2.07. The second kappa shape index (κ2) is 7.86. The molecular formula is C18H33NO2. The summed E-state index contributed by atoms with van der Waals surface area (Å²) >= 11 is 0. The highest BCUT2D eigenvalue weighted by Gasteiger charge is 2.25. The molecule has 0 spiro atoms. The molecule has 1 unspecified atom stereocenters. The maximum absolute atomic E-state index is 11.5. The van der Waals surface area contributed by atoms with Crippen LogP contribution >= 0.6 is 0 Å². The lowest BCUT2D eigenvalue weighted by Gasteiger charge is -2.33. The SMILES string of the molecule is CC1=CCCC(C)(CCCCCNC(=O)OC(C)(C)C)C1. The van der Waals surface area contributed by atoms with Crippen molar-refractivity contribution in [2.45, 2.75) is 85.2 Å². The number of rotatable bonds is 6. The summed E-state index contributed by atoms with van der Waals surface area (Å²) in [6, 6.07) is 0. The summed E-state index contributed by atoms with van der Waals surface area (Å²) in [6.07, 6.45) is 10.6. The van der Waals surface area contributed by atoms with E-state index in [9.17, 15) is 4.79 Å². The number of hydrogen-bond acceptors (Lipinski definition) is 2. The van der Waals surface area contributed by atoms with Crippen LogP contribution in [-0.2, 0) is 4.74 Å². The van der Waals surface area contributed by atoms with Gasteiger partial charge in [-0.15, -0.1) is 0 Å². The van der Waals surface area contributed by atoms with Crippen LogP contribution in [0.15, 0.2) is 11.6 Å². The van der Waals surface area contributed by atoms with E-state index >= 15 is 0 Å². The van der Waals surface area contributed by atoms with Crippen LogP contribution in [0.3, 0.4) is 0 Å². The number of carbonyl (C=O) groups is 1. The molecule has 0 bridgehead atoms. The Hall–Kier alpha value is -0.990. The van der Waals surface area contributed by atoms with Gasteiger partial charge in [0.25, 0.3) is 0 Å². The van der Waals surface area contributed by atoms with E-state index in [0.29, 0.717) is 12.0 Å². The maximum atomic E-state index is 11.5. The smallest absolute Gasteiger partial charge is 0.407 e. The van der Waals surface area contributed by atoms with Crippen LogP contribution in [0.1, 0.15) is 79.6 Å². The van der Waals surface area contributed by atoms with Crippen LogP contribution in [0, 0.1) is 5.41 Å². The van der Waals surface area contributed by atoms with Gasteiger partial charge in [0, 0.05) is 6.54 Å². The van der Waals surface area contributed by atoms with Crippen molar-refractivity contribution in [3.8, 4) is 0 Å². The van der Waals surface area contributed by atoms with E-state index in [-0.39, 0.29) is 6.09 Å². The predicted molar refractivity (Wildman–Crippen MR) is 88.4 cm³/mol. The minimum atomic E-state index is -0.412. The number of carbonyl (C=O) groups excluding carboxylic acids is 1. The molecule has 21 heavy (non-hydrogen) atoms. The molecule has 0 aromatic heterocycles. The van der Waals surface area contributed by atoms with E-state index in [1.54, 1.807) is 5.57 Å². The fourth-order valence-corrected chi connectivity index (χ4v) is 3.07. The molecule has 0 aromatic carbocycles. The fourth-order valence-electron chi connectivity index (χ4n) is 3.07. The topological polar surface area (TPSA) is 38.3 Å². The molecule has 0 aliphatic heterocycles. The average Bonchev–Trinajstić information content (AvgIpc) is 2.31. The van der Waals surface area contributed by atoms with Gasteiger partial charge < -0.3 is 10.1 Å². The van der Waals surface area contributed by atoms with E-state index in [4.69, 9.17) is 4.74 Å². The van der Waals surface area contributed by atoms with Crippen molar-refractivity contribution in [2.75, 3.05) is 6.54 Å². The molecule has 0 saturated heterocycles. The monoisotopic (exact) mass is 295 g/mol. The molecule has 0 saturated carbocycles. The maximum Gasteiger partial charge on any atom is 0.407 e. The average molecular weight is 295 g/mol. The Labute approximate surface area is 130 Å². The van der Waals surface area contributed by atoms with Crippen molar-refractivity contribution in [3.05, 3.63) is 11.6 Å². The molecule has 1 aliphatic carbocycles. The van der Waals surface area contributed by atoms with Crippen molar-refractivity contribution in [3.63, 3.8) is 0 Å². The molecule has 1 atom stereocenters. The fraction of sp³-hybridized carbons (Fsp3) is 0.833. The molecule has 1 rings (SSSR count). The molecule has 1 aliphatic rings. The van der Waals surface area contributed by atoms with Crippen LogP contribution in [0.2, 0.25) is 0 Å². The van der Waals surface area contributed by atoms with Crippen molar-refractivity contribution in [1.29, 1.82) is 0 Å². The highest BCUT2D eigenvalue weighted by Crippen LogP contribution is 2.39. The Morgan fingerprint density at radius 3 is 2.67 bits per heavy atom. The number of ether oxygens (including phenoxy) is 1. The van der Waals surface area contributed by atoms with Gasteiger partial charge in [0.05, 0.1) is 0 Å². The van der Waals surface area contributed by atoms with Crippen LogP contribution in [0.5, 0.6) is 0 Å². The number of amides is 1. The van der Waals surface area contributed by atoms with Gasteiger partial charge >= 0.3 is 6.09 Å².